The highest BCUT2D eigenvalue weighted by atomic mass is 16.2. The van der Waals surface area contributed by atoms with Crippen molar-refractivity contribution in [3.63, 3.8) is 0 Å². The highest BCUT2D eigenvalue weighted by Gasteiger charge is 2.35. The first-order valence-electron chi connectivity index (χ1n) is 9.63. The molecular formula is C21H30N2O2. The Balaban J connectivity index is 1.64. The first-order chi connectivity index (χ1) is 12.0. The molecule has 136 valence electrons. The summed E-state index contributed by atoms with van der Waals surface area (Å²) in [5.41, 5.74) is 6.98. The van der Waals surface area contributed by atoms with Gasteiger partial charge < -0.3 is 10.6 Å². The van der Waals surface area contributed by atoms with E-state index in [4.69, 9.17) is 5.73 Å². The average Bonchev–Trinajstić information content (AvgIpc) is 2.85. The Hall–Kier alpha value is -1.84. The summed E-state index contributed by atoms with van der Waals surface area (Å²) in [7, 11) is 0. The second-order valence-corrected chi connectivity index (χ2v) is 8.07. The molecule has 0 spiro atoms. The second kappa shape index (κ2) is 7.59. The zero-order valence-corrected chi connectivity index (χ0v) is 15.2. The van der Waals surface area contributed by atoms with E-state index in [1.807, 2.05) is 4.90 Å². The normalized spacial score (nSPS) is 30.5. The third-order valence-corrected chi connectivity index (χ3v) is 6.30. The molecule has 1 aromatic carbocycles. The minimum Gasteiger partial charge on any atom is -0.369 e. The second-order valence-electron chi connectivity index (χ2n) is 8.07. The molecule has 1 saturated carbocycles. The lowest BCUT2D eigenvalue weighted by Gasteiger charge is -2.32. The van der Waals surface area contributed by atoms with Crippen molar-refractivity contribution in [1.29, 1.82) is 0 Å². The van der Waals surface area contributed by atoms with Crippen molar-refractivity contribution in [1.82, 2.24) is 4.90 Å². The molecule has 2 amide bonds. The lowest BCUT2D eigenvalue weighted by atomic mass is 9.76. The number of benzene rings is 1. The van der Waals surface area contributed by atoms with Crippen LogP contribution in [-0.4, -0.2) is 29.8 Å². The molecule has 3 unspecified atom stereocenters. The van der Waals surface area contributed by atoms with E-state index in [2.05, 4.69) is 37.3 Å². The van der Waals surface area contributed by atoms with Crippen LogP contribution in [0, 0.1) is 11.8 Å². The monoisotopic (exact) mass is 342 g/mol. The van der Waals surface area contributed by atoms with Gasteiger partial charge in [-0.1, -0.05) is 43.7 Å². The van der Waals surface area contributed by atoms with Crippen LogP contribution in [0.25, 0.3) is 0 Å². The summed E-state index contributed by atoms with van der Waals surface area (Å²) < 4.78 is 0. The smallest absolute Gasteiger partial charge is 0.225 e. The van der Waals surface area contributed by atoms with Gasteiger partial charge >= 0.3 is 0 Å². The summed E-state index contributed by atoms with van der Waals surface area (Å²) in [6, 6.07) is 10.7. The topological polar surface area (TPSA) is 63.4 Å². The number of amides is 2. The molecule has 3 atom stereocenters. The molecule has 2 N–H and O–H groups in total. The average molecular weight is 342 g/mol. The molecule has 4 nitrogen and oxygen atoms in total. The van der Waals surface area contributed by atoms with Gasteiger partial charge in [-0.2, -0.15) is 0 Å². The molecule has 3 rings (SSSR count). The van der Waals surface area contributed by atoms with Gasteiger partial charge in [-0.05, 0) is 49.5 Å². The van der Waals surface area contributed by atoms with Crippen LogP contribution < -0.4 is 5.73 Å². The molecule has 1 heterocycles. The predicted octanol–water partition coefficient (Wildman–Crippen LogP) is 3.25. The Kier molecular flexibility index (Phi) is 5.45. The molecule has 1 aliphatic carbocycles. The van der Waals surface area contributed by atoms with E-state index in [1.54, 1.807) is 0 Å². The molecule has 1 aliphatic heterocycles. The number of primary amides is 1. The van der Waals surface area contributed by atoms with Gasteiger partial charge in [0, 0.05) is 24.9 Å². The van der Waals surface area contributed by atoms with Gasteiger partial charge in [-0.15, -0.1) is 0 Å². The fourth-order valence-corrected chi connectivity index (χ4v) is 4.56. The van der Waals surface area contributed by atoms with Gasteiger partial charge in [0.25, 0.3) is 0 Å². The number of nitrogens with zero attached hydrogens (tertiary/aromatic N) is 1. The van der Waals surface area contributed by atoms with Gasteiger partial charge in [0.1, 0.15) is 0 Å². The molecule has 2 aliphatic rings. The van der Waals surface area contributed by atoms with Crippen molar-refractivity contribution in [3.05, 3.63) is 35.9 Å². The van der Waals surface area contributed by atoms with Gasteiger partial charge in [0.05, 0.1) is 0 Å². The molecule has 1 aromatic rings. The van der Waals surface area contributed by atoms with E-state index in [0.717, 1.165) is 51.6 Å². The van der Waals surface area contributed by atoms with Gasteiger partial charge in [-0.25, -0.2) is 0 Å². The maximum atomic E-state index is 13.0. The Morgan fingerprint density at radius 1 is 1.04 bits per heavy atom. The van der Waals surface area contributed by atoms with E-state index in [-0.39, 0.29) is 29.1 Å². The van der Waals surface area contributed by atoms with Gasteiger partial charge in [-0.3, -0.25) is 9.59 Å². The van der Waals surface area contributed by atoms with E-state index >= 15 is 0 Å². The summed E-state index contributed by atoms with van der Waals surface area (Å²) in [6.07, 6.45) is 6.44. The zero-order valence-electron chi connectivity index (χ0n) is 15.2. The Bertz CT molecular complexity index is 616. The van der Waals surface area contributed by atoms with Crippen LogP contribution in [0.1, 0.15) is 57.4 Å². The number of carbonyl (C=O) groups excluding carboxylic acids is 2. The first kappa shape index (κ1) is 18.0. The van der Waals surface area contributed by atoms with Crippen molar-refractivity contribution in [2.45, 2.75) is 57.3 Å². The van der Waals surface area contributed by atoms with E-state index < -0.39 is 0 Å². The van der Waals surface area contributed by atoms with E-state index in [1.165, 1.54) is 5.56 Å². The van der Waals surface area contributed by atoms with Crippen molar-refractivity contribution < 1.29 is 9.59 Å². The number of rotatable bonds is 3. The Morgan fingerprint density at radius 3 is 2.48 bits per heavy atom. The summed E-state index contributed by atoms with van der Waals surface area (Å²) in [5.74, 6) is -0.148. The molecule has 0 bridgehead atoms. The van der Waals surface area contributed by atoms with Gasteiger partial charge in [0.2, 0.25) is 11.8 Å². The van der Waals surface area contributed by atoms with Crippen LogP contribution in [0.2, 0.25) is 0 Å². The molecule has 4 heteroatoms. The van der Waals surface area contributed by atoms with Crippen molar-refractivity contribution in [2.75, 3.05) is 13.1 Å². The summed E-state index contributed by atoms with van der Waals surface area (Å²) in [4.78, 5) is 26.5. The minimum absolute atomic E-state index is 0.0210. The third-order valence-electron chi connectivity index (χ3n) is 6.30. The molecule has 25 heavy (non-hydrogen) atoms. The standard InChI is InChI=1S/C21H30N2O2/c1-21(18-9-3-2-4-10-18)11-6-13-23(14-12-21)20(25)17-8-5-7-16(15-17)19(22)24/h2-4,9-10,16-17H,5-8,11-15H2,1H3,(H2,22,24). The van der Waals surface area contributed by atoms with Gasteiger partial charge in [0.15, 0.2) is 0 Å². The summed E-state index contributed by atoms with van der Waals surface area (Å²) >= 11 is 0. The van der Waals surface area contributed by atoms with E-state index in [9.17, 15) is 9.59 Å². The number of likely N-dealkylation sites (tertiary alicyclic amines) is 1. The van der Waals surface area contributed by atoms with Crippen molar-refractivity contribution in [2.24, 2.45) is 17.6 Å². The summed E-state index contributed by atoms with van der Waals surface area (Å²) in [5, 5.41) is 0. The lowest BCUT2D eigenvalue weighted by Crippen LogP contribution is -2.40. The maximum Gasteiger partial charge on any atom is 0.225 e. The molecular weight excluding hydrogens is 312 g/mol. The largest absolute Gasteiger partial charge is 0.369 e. The summed E-state index contributed by atoms with van der Waals surface area (Å²) in [6.45, 7) is 3.96. The van der Waals surface area contributed by atoms with Crippen LogP contribution in [0.4, 0.5) is 0 Å². The number of carbonyl (C=O) groups is 2. The SMILES string of the molecule is CC1(c2ccccc2)CCCN(C(=O)C2CCCC(C(N)=O)C2)CC1. The zero-order chi connectivity index (χ0) is 17.9. The highest BCUT2D eigenvalue weighted by molar-refractivity contribution is 5.81. The molecule has 0 radical (unpaired) electrons. The Labute approximate surface area is 150 Å². The third kappa shape index (κ3) is 4.05. The molecule has 0 aromatic heterocycles. The fourth-order valence-electron chi connectivity index (χ4n) is 4.56. The first-order valence-corrected chi connectivity index (χ1v) is 9.63. The van der Waals surface area contributed by atoms with Crippen LogP contribution in [0.5, 0.6) is 0 Å². The van der Waals surface area contributed by atoms with Crippen LogP contribution in [0.15, 0.2) is 30.3 Å². The van der Waals surface area contributed by atoms with Crippen LogP contribution >= 0.6 is 0 Å². The minimum atomic E-state index is -0.245. The fraction of sp³-hybridized carbons (Fsp3) is 0.619. The highest BCUT2D eigenvalue weighted by Crippen LogP contribution is 2.36. The van der Waals surface area contributed by atoms with Crippen molar-refractivity contribution >= 4 is 11.8 Å². The van der Waals surface area contributed by atoms with Crippen molar-refractivity contribution in [3.8, 4) is 0 Å². The quantitative estimate of drug-likeness (QED) is 0.916. The predicted molar refractivity (Wildman–Crippen MR) is 98.9 cm³/mol. The lowest BCUT2D eigenvalue weighted by molar-refractivity contribution is -0.137. The van der Waals surface area contributed by atoms with E-state index in [0.29, 0.717) is 6.42 Å². The molecule has 2 fully saturated rings. The van der Waals surface area contributed by atoms with Crippen LogP contribution in [-0.2, 0) is 15.0 Å². The number of hydrogen-bond donors (Lipinski definition) is 1. The number of hydrogen-bond acceptors (Lipinski definition) is 2. The Morgan fingerprint density at radius 2 is 1.76 bits per heavy atom. The maximum absolute atomic E-state index is 13.0. The number of nitrogens with two attached hydrogens (primary N) is 1. The van der Waals surface area contributed by atoms with Crippen LogP contribution in [0.3, 0.4) is 0 Å². The molecule has 1 saturated heterocycles.